The molecule has 180 valence electrons. The minimum atomic E-state index is -0.863. The van der Waals surface area contributed by atoms with E-state index in [9.17, 15) is 9.59 Å². The number of carbonyl (C=O) groups excluding carboxylic acids is 1. The SMILES string of the molecule is CC(C)(C)n1cc(CNC(=O)C2CCC(n3cc(-c4cccc(CC(=O)O)c4)nn3)CC2)nn1. The number of carbonyl (C=O) groups is 2. The Morgan fingerprint density at radius 1 is 1.09 bits per heavy atom. The van der Waals surface area contributed by atoms with E-state index in [1.54, 1.807) is 10.7 Å². The molecule has 34 heavy (non-hydrogen) atoms. The molecule has 2 heterocycles. The van der Waals surface area contributed by atoms with Crippen molar-refractivity contribution < 1.29 is 14.7 Å². The normalized spacial score (nSPS) is 18.6. The smallest absolute Gasteiger partial charge is 0.307 e. The van der Waals surface area contributed by atoms with Crippen LogP contribution in [0.2, 0.25) is 0 Å². The van der Waals surface area contributed by atoms with Gasteiger partial charge in [-0.3, -0.25) is 9.59 Å². The van der Waals surface area contributed by atoms with E-state index in [-0.39, 0.29) is 29.8 Å². The van der Waals surface area contributed by atoms with E-state index in [1.807, 2.05) is 35.3 Å². The molecule has 0 saturated heterocycles. The third-order valence-electron chi connectivity index (χ3n) is 6.20. The third-order valence-corrected chi connectivity index (χ3v) is 6.20. The van der Waals surface area contributed by atoms with E-state index >= 15 is 0 Å². The van der Waals surface area contributed by atoms with Crippen LogP contribution in [-0.4, -0.2) is 47.0 Å². The number of carboxylic acid groups (broad SMARTS) is 1. The Kier molecular flexibility index (Phi) is 6.76. The average molecular weight is 466 g/mol. The van der Waals surface area contributed by atoms with E-state index in [0.29, 0.717) is 6.54 Å². The lowest BCUT2D eigenvalue weighted by molar-refractivity contribution is -0.136. The summed E-state index contributed by atoms with van der Waals surface area (Å²) in [6.45, 7) is 6.54. The van der Waals surface area contributed by atoms with Gasteiger partial charge in [-0.15, -0.1) is 10.2 Å². The maximum Gasteiger partial charge on any atom is 0.307 e. The predicted octanol–water partition coefficient (Wildman–Crippen LogP) is 2.97. The monoisotopic (exact) mass is 465 g/mol. The molecular weight excluding hydrogens is 434 g/mol. The molecule has 2 aromatic heterocycles. The molecule has 0 radical (unpaired) electrons. The van der Waals surface area contributed by atoms with Crippen molar-refractivity contribution in [2.75, 3.05) is 0 Å². The van der Waals surface area contributed by atoms with Gasteiger partial charge in [-0.1, -0.05) is 28.6 Å². The fraction of sp³-hybridized carbons (Fsp3) is 0.500. The highest BCUT2D eigenvalue weighted by Crippen LogP contribution is 2.32. The third kappa shape index (κ3) is 5.67. The number of benzene rings is 1. The Morgan fingerprint density at radius 3 is 2.53 bits per heavy atom. The van der Waals surface area contributed by atoms with Crippen molar-refractivity contribution in [1.29, 1.82) is 0 Å². The van der Waals surface area contributed by atoms with Crippen molar-refractivity contribution in [3.63, 3.8) is 0 Å². The first kappa shape index (κ1) is 23.6. The van der Waals surface area contributed by atoms with Gasteiger partial charge in [-0.25, -0.2) is 9.36 Å². The van der Waals surface area contributed by atoms with Crippen LogP contribution in [0.5, 0.6) is 0 Å². The highest BCUT2D eigenvalue weighted by molar-refractivity contribution is 5.78. The first-order valence-corrected chi connectivity index (χ1v) is 11.6. The molecule has 1 fully saturated rings. The van der Waals surface area contributed by atoms with Crippen molar-refractivity contribution >= 4 is 11.9 Å². The van der Waals surface area contributed by atoms with Gasteiger partial charge in [0.25, 0.3) is 0 Å². The summed E-state index contributed by atoms with van der Waals surface area (Å²) in [6.07, 6.45) is 7.02. The number of aromatic nitrogens is 6. The molecule has 0 aliphatic heterocycles. The summed E-state index contributed by atoms with van der Waals surface area (Å²) in [5.41, 5.74) is 2.90. The van der Waals surface area contributed by atoms with Crippen LogP contribution in [-0.2, 0) is 28.1 Å². The van der Waals surface area contributed by atoms with Crippen LogP contribution in [0.3, 0.4) is 0 Å². The van der Waals surface area contributed by atoms with Gasteiger partial charge < -0.3 is 10.4 Å². The molecule has 1 amide bonds. The minimum Gasteiger partial charge on any atom is -0.481 e. The van der Waals surface area contributed by atoms with Crippen LogP contribution >= 0.6 is 0 Å². The number of nitrogens with one attached hydrogen (secondary N) is 1. The number of rotatable bonds is 7. The van der Waals surface area contributed by atoms with Crippen molar-refractivity contribution in [1.82, 2.24) is 35.3 Å². The Bertz CT molecular complexity index is 1150. The molecule has 3 aromatic rings. The zero-order valence-electron chi connectivity index (χ0n) is 19.8. The summed E-state index contributed by atoms with van der Waals surface area (Å²) in [5.74, 6) is -0.833. The molecule has 0 atom stereocenters. The molecular formula is C24H31N7O3. The zero-order valence-corrected chi connectivity index (χ0v) is 19.8. The average Bonchev–Trinajstić information content (AvgIpc) is 3.47. The summed E-state index contributed by atoms with van der Waals surface area (Å²) in [4.78, 5) is 23.7. The Morgan fingerprint density at radius 2 is 1.85 bits per heavy atom. The van der Waals surface area contributed by atoms with Crippen LogP contribution in [0.25, 0.3) is 11.3 Å². The van der Waals surface area contributed by atoms with Gasteiger partial charge in [-0.05, 0) is 58.1 Å². The van der Waals surface area contributed by atoms with Gasteiger partial charge in [0, 0.05) is 11.5 Å². The summed E-state index contributed by atoms with van der Waals surface area (Å²) < 4.78 is 3.67. The standard InChI is InChI=1S/C24H31N7O3/c1-24(2,3)31-14-19(26-29-31)13-25-23(34)17-7-9-20(10-8-17)30-15-21(27-28-30)18-6-4-5-16(11-18)12-22(32)33/h4-6,11,14-15,17,20H,7-10,12-13H2,1-3H3,(H,25,34)(H,32,33). The van der Waals surface area contributed by atoms with Gasteiger partial charge in [-0.2, -0.15) is 0 Å². The summed E-state index contributed by atoms with van der Waals surface area (Å²) in [7, 11) is 0. The zero-order chi connectivity index (χ0) is 24.3. The summed E-state index contributed by atoms with van der Waals surface area (Å²) >= 11 is 0. The minimum absolute atomic E-state index is 0.0235. The molecule has 4 rings (SSSR count). The van der Waals surface area contributed by atoms with Crippen LogP contribution in [0.1, 0.15) is 63.8 Å². The van der Waals surface area contributed by atoms with Gasteiger partial charge in [0.05, 0.1) is 36.9 Å². The number of hydrogen-bond acceptors (Lipinski definition) is 6. The molecule has 2 N–H and O–H groups in total. The Labute approximate surface area is 198 Å². The second-order valence-corrected chi connectivity index (χ2v) is 9.90. The van der Waals surface area contributed by atoms with E-state index in [2.05, 4.69) is 46.7 Å². The fourth-order valence-electron chi connectivity index (χ4n) is 4.23. The van der Waals surface area contributed by atoms with Gasteiger partial charge in [0.2, 0.25) is 5.91 Å². The number of carboxylic acids is 1. The fourth-order valence-corrected chi connectivity index (χ4v) is 4.23. The maximum atomic E-state index is 12.7. The van der Waals surface area contributed by atoms with E-state index in [0.717, 1.165) is 48.2 Å². The van der Waals surface area contributed by atoms with Gasteiger partial charge in [0.15, 0.2) is 0 Å². The van der Waals surface area contributed by atoms with Crippen molar-refractivity contribution in [3.05, 3.63) is 47.9 Å². The maximum absolute atomic E-state index is 12.7. The summed E-state index contributed by atoms with van der Waals surface area (Å²) in [5, 5.41) is 28.9. The summed E-state index contributed by atoms with van der Waals surface area (Å²) in [6, 6.07) is 7.56. The second-order valence-electron chi connectivity index (χ2n) is 9.90. The van der Waals surface area contributed by atoms with E-state index in [1.165, 1.54) is 0 Å². The topological polar surface area (TPSA) is 128 Å². The molecule has 10 nitrogen and oxygen atoms in total. The van der Waals surface area contributed by atoms with Crippen molar-refractivity contribution in [2.45, 2.75) is 71.0 Å². The molecule has 10 heteroatoms. The number of amides is 1. The molecule has 1 aromatic carbocycles. The van der Waals surface area contributed by atoms with Crippen LogP contribution < -0.4 is 5.32 Å². The van der Waals surface area contributed by atoms with Crippen LogP contribution in [0, 0.1) is 5.92 Å². The lowest BCUT2D eigenvalue weighted by Gasteiger charge is -2.27. The lowest BCUT2D eigenvalue weighted by atomic mass is 9.85. The van der Waals surface area contributed by atoms with Crippen molar-refractivity contribution in [3.8, 4) is 11.3 Å². The molecule has 0 unspecified atom stereocenters. The second kappa shape index (κ2) is 9.74. The van der Waals surface area contributed by atoms with E-state index < -0.39 is 5.97 Å². The molecule has 0 bridgehead atoms. The van der Waals surface area contributed by atoms with Crippen molar-refractivity contribution in [2.24, 2.45) is 5.92 Å². The Balaban J connectivity index is 1.29. The van der Waals surface area contributed by atoms with E-state index in [4.69, 9.17) is 5.11 Å². The largest absolute Gasteiger partial charge is 0.481 e. The first-order chi connectivity index (χ1) is 16.2. The molecule has 1 aliphatic carbocycles. The number of aliphatic carboxylic acids is 1. The predicted molar refractivity (Wildman–Crippen MR) is 125 cm³/mol. The molecule has 1 aliphatic rings. The molecule has 0 spiro atoms. The first-order valence-electron chi connectivity index (χ1n) is 11.6. The van der Waals surface area contributed by atoms with Gasteiger partial charge >= 0.3 is 5.97 Å². The highest BCUT2D eigenvalue weighted by atomic mass is 16.4. The van der Waals surface area contributed by atoms with Gasteiger partial charge in [0.1, 0.15) is 11.4 Å². The molecule has 1 saturated carbocycles. The lowest BCUT2D eigenvalue weighted by Crippen LogP contribution is -2.33. The quantitative estimate of drug-likeness (QED) is 0.549. The van der Waals surface area contributed by atoms with Crippen LogP contribution in [0.15, 0.2) is 36.7 Å². The highest BCUT2D eigenvalue weighted by Gasteiger charge is 2.28. The number of nitrogens with zero attached hydrogens (tertiary/aromatic N) is 6. The number of hydrogen-bond donors (Lipinski definition) is 2. The Hall–Kier alpha value is -3.56. The van der Waals surface area contributed by atoms with Crippen LogP contribution in [0.4, 0.5) is 0 Å².